The highest BCUT2D eigenvalue weighted by Gasteiger charge is 2.09. The summed E-state index contributed by atoms with van der Waals surface area (Å²) in [5, 5.41) is 0.799. The number of imidazole rings is 1. The van der Waals surface area contributed by atoms with E-state index in [1.165, 1.54) is 0 Å². The van der Waals surface area contributed by atoms with E-state index in [0.29, 0.717) is 5.95 Å². The third kappa shape index (κ3) is 3.51. The van der Waals surface area contributed by atoms with Gasteiger partial charge < -0.3 is 9.47 Å². The molecule has 0 amide bonds. The maximum atomic E-state index is 6.22. The third-order valence-electron chi connectivity index (χ3n) is 3.59. The largest absolute Gasteiger partial charge is 0.347 e. The molecule has 0 fully saturated rings. The average molecular weight is 328 g/mol. The second-order valence-corrected chi connectivity index (χ2v) is 5.86. The number of aromatic nitrogens is 4. The van der Waals surface area contributed by atoms with Crippen LogP contribution >= 0.6 is 11.6 Å². The number of rotatable bonds is 5. The van der Waals surface area contributed by atoms with E-state index >= 15 is 0 Å². The molecule has 0 bridgehead atoms. The zero-order chi connectivity index (χ0) is 16.2. The minimum atomic E-state index is 0.683. The smallest absolute Gasteiger partial charge is 0.224 e. The van der Waals surface area contributed by atoms with Crippen molar-refractivity contribution in [3.8, 4) is 11.4 Å². The normalized spacial score (nSPS) is 10.7. The monoisotopic (exact) mass is 327 g/mol. The molecule has 0 N–H and O–H groups in total. The summed E-state index contributed by atoms with van der Waals surface area (Å²) in [6.45, 7) is 0.800. The van der Waals surface area contributed by atoms with Gasteiger partial charge in [-0.25, -0.2) is 15.0 Å². The van der Waals surface area contributed by atoms with Gasteiger partial charge in [-0.15, -0.1) is 0 Å². The summed E-state index contributed by atoms with van der Waals surface area (Å²) in [6, 6.07) is 7.91. The fraction of sp³-hybridized carbons (Fsp3) is 0.235. The number of hydrogen-bond donors (Lipinski definition) is 0. The van der Waals surface area contributed by atoms with Gasteiger partial charge in [-0.3, -0.25) is 0 Å². The van der Waals surface area contributed by atoms with Crippen molar-refractivity contribution in [1.29, 1.82) is 0 Å². The van der Waals surface area contributed by atoms with E-state index in [2.05, 4.69) is 19.5 Å². The molecule has 1 aromatic carbocycles. The summed E-state index contributed by atoms with van der Waals surface area (Å²) in [4.78, 5) is 15.0. The molecule has 6 heteroatoms. The maximum absolute atomic E-state index is 6.22. The molecule has 118 valence electrons. The van der Waals surface area contributed by atoms with Crippen LogP contribution in [0.3, 0.4) is 0 Å². The van der Waals surface area contributed by atoms with E-state index < -0.39 is 0 Å². The van der Waals surface area contributed by atoms with Crippen LogP contribution in [0.1, 0.15) is 5.56 Å². The van der Waals surface area contributed by atoms with Crippen LogP contribution in [0.15, 0.2) is 49.1 Å². The van der Waals surface area contributed by atoms with Gasteiger partial charge in [-0.05, 0) is 18.1 Å². The summed E-state index contributed by atoms with van der Waals surface area (Å²) in [6.07, 6.45) is 8.21. The summed E-state index contributed by atoms with van der Waals surface area (Å²) in [5.41, 5.74) is 2.03. The van der Waals surface area contributed by atoms with Crippen molar-refractivity contribution in [2.45, 2.75) is 13.0 Å². The van der Waals surface area contributed by atoms with E-state index in [0.717, 1.165) is 34.9 Å². The Morgan fingerprint density at radius 2 is 1.83 bits per heavy atom. The molecule has 2 heterocycles. The Balaban J connectivity index is 1.78. The summed E-state index contributed by atoms with van der Waals surface area (Å²) in [7, 11) is 3.83. The fourth-order valence-corrected chi connectivity index (χ4v) is 2.59. The molecule has 0 radical (unpaired) electrons. The van der Waals surface area contributed by atoms with E-state index in [9.17, 15) is 0 Å². The number of hydrogen-bond acceptors (Lipinski definition) is 4. The van der Waals surface area contributed by atoms with Crippen LogP contribution in [-0.4, -0.2) is 33.6 Å². The predicted octanol–water partition coefficient (Wildman–Crippen LogP) is 3.30. The lowest BCUT2D eigenvalue weighted by atomic mass is 10.1. The van der Waals surface area contributed by atoms with Gasteiger partial charge in [0, 0.05) is 50.5 Å². The molecule has 3 rings (SSSR count). The zero-order valence-corrected chi connectivity index (χ0v) is 13.9. The van der Waals surface area contributed by atoms with Gasteiger partial charge in [0.25, 0.3) is 0 Å². The van der Waals surface area contributed by atoms with Crippen molar-refractivity contribution in [3.05, 3.63) is 59.6 Å². The third-order valence-corrected chi connectivity index (χ3v) is 3.96. The minimum Gasteiger partial charge on any atom is -0.347 e. The molecule has 0 aliphatic carbocycles. The molecule has 0 atom stereocenters. The molecule has 5 nitrogen and oxygen atoms in total. The first-order valence-corrected chi connectivity index (χ1v) is 7.77. The SMILES string of the molecule is CN(C)c1ncc(-c2nccn2CCc2ccccc2Cl)cn1. The molecule has 0 spiro atoms. The molecule has 0 aliphatic rings. The van der Waals surface area contributed by atoms with Gasteiger partial charge in [-0.1, -0.05) is 29.8 Å². The van der Waals surface area contributed by atoms with Crippen LogP contribution in [0.2, 0.25) is 5.02 Å². The molecule has 2 aromatic heterocycles. The van der Waals surface area contributed by atoms with Gasteiger partial charge in [0.15, 0.2) is 0 Å². The average Bonchev–Trinajstić information content (AvgIpc) is 3.02. The minimum absolute atomic E-state index is 0.683. The van der Waals surface area contributed by atoms with Gasteiger partial charge in [0.1, 0.15) is 5.82 Å². The van der Waals surface area contributed by atoms with Crippen molar-refractivity contribution < 1.29 is 0 Å². The fourth-order valence-electron chi connectivity index (χ4n) is 2.36. The molecule has 3 aromatic rings. The van der Waals surface area contributed by atoms with Gasteiger partial charge in [0.2, 0.25) is 5.95 Å². The van der Waals surface area contributed by atoms with Gasteiger partial charge >= 0.3 is 0 Å². The highest BCUT2D eigenvalue weighted by Crippen LogP contribution is 2.20. The van der Waals surface area contributed by atoms with Crippen molar-refractivity contribution in [3.63, 3.8) is 0 Å². The summed E-state index contributed by atoms with van der Waals surface area (Å²) >= 11 is 6.22. The lowest BCUT2D eigenvalue weighted by molar-refractivity contribution is 0.702. The van der Waals surface area contributed by atoms with Crippen LogP contribution in [0, 0.1) is 0 Å². The molecule has 23 heavy (non-hydrogen) atoms. The summed E-state index contributed by atoms with van der Waals surface area (Å²) in [5.74, 6) is 1.55. The van der Waals surface area contributed by atoms with Crippen LogP contribution < -0.4 is 4.90 Å². The topological polar surface area (TPSA) is 46.8 Å². The zero-order valence-electron chi connectivity index (χ0n) is 13.1. The number of benzene rings is 1. The second kappa shape index (κ2) is 6.79. The van der Waals surface area contributed by atoms with E-state index in [-0.39, 0.29) is 0 Å². The Labute approximate surface area is 140 Å². The maximum Gasteiger partial charge on any atom is 0.224 e. The summed E-state index contributed by atoms with van der Waals surface area (Å²) < 4.78 is 2.09. The Morgan fingerprint density at radius 3 is 2.52 bits per heavy atom. The lowest BCUT2D eigenvalue weighted by Crippen LogP contribution is -2.12. The van der Waals surface area contributed by atoms with Crippen LogP contribution in [0.4, 0.5) is 5.95 Å². The molecular weight excluding hydrogens is 310 g/mol. The molecular formula is C17H18ClN5. The number of anilines is 1. The highest BCUT2D eigenvalue weighted by molar-refractivity contribution is 6.31. The first-order chi connectivity index (χ1) is 11.1. The lowest BCUT2D eigenvalue weighted by Gasteiger charge is -2.11. The van der Waals surface area contributed by atoms with Gasteiger partial charge in [-0.2, -0.15) is 0 Å². The standard InChI is InChI=1S/C17H18ClN5/c1-22(2)17-20-11-14(12-21-17)16-19-8-10-23(16)9-7-13-5-3-4-6-15(13)18/h3-6,8,10-12H,7,9H2,1-2H3. The van der Waals surface area contributed by atoms with Crippen molar-refractivity contribution in [2.75, 3.05) is 19.0 Å². The van der Waals surface area contributed by atoms with Crippen molar-refractivity contribution >= 4 is 17.5 Å². The molecule has 0 saturated carbocycles. The van der Waals surface area contributed by atoms with Crippen molar-refractivity contribution in [2.24, 2.45) is 0 Å². The number of nitrogens with zero attached hydrogens (tertiary/aromatic N) is 5. The van der Waals surface area contributed by atoms with Crippen molar-refractivity contribution in [1.82, 2.24) is 19.5 Å². The Kier molecular flexibility index (Phi) is 4.57. The highest BCUT2D eigenvalue weighted by atomic mass is 35.5. The van der Waals surface area contributed by atoms with Gasteiger partial charge in [0.05, 0.1) is 5.56 Å². The Hall–Kier alpha value is -2.40. The predicted molar refractivity (Wildman–Crippen MR) is 92.7 cm³/mol. The Bertz CT molecular complexity index is 780. The number of aryl methyl sites for hydroxylation is 2. The first kappa shape index (κ1) is 15.5. The van der Waals surface area contributed by atoms with E-state index in [1.54, 1.807) is 18.6 Å². The molecule has 0 aliphatic heterocycles. The van der Waals surface area contributed by atoms with E-state index in [4.69, 9.17) is 11.6 Å². The molecule has 0 unspecified atom stereocenters. The van der Waals surface area contributed by atoms with Crippen LogP contribution in [0.5, 0.6) is 0 Å². The second-order valence-electron chi connectivity index (χ2n) is 5.45. The first-order valence-electron chi connectivity index (χ1n) is 7.39. The molecule has 0 saturated heterocycles. The number of halogens is 1. The quantitative estimate of drug-likeness (QED) is 0.721. The van der Waals surface area contributed by atoms with Crippen LogP contribution in [0.25, 0.3) is 11.4 Å². The van der Waals surface area contributed by atoms with E-state index in [1.807, 2.05) is 49.5 Å². The Morgan fingerprint density at radius 1 is 1.09 bits per heavy atom. The van der Waals surface area contributed by atoms with Crippen LogP contribution in [-0.2, 0) is 13.0 Å².